The molecule has 0 radical (unpaired) electrons. The number of pyridine rings is 2. The summed E-state index contributed by atoms with van der Waals surface area (Å²) in [5, 5.41) is 2.66. The predicted octanol–water partition coefficient (Wildman–Crippen LogP) is 2.89. The lowest BCUT2D eigenvalue weighted by molar-refractivity contribution is -0.127. The number of carbonyl (C=O) groups excluding carboxylic acids is 2. The van der Waals surface area contributed by atoms with Crippen molar-refractivity contribution in [3.63, 3.8) is 0 Å². The third kappa shape index (κ3) is 9.61. The Kier molecular flexibility index (Phi) is 10.1. The molecule has 0 aliphatic carbocycles. The molecule has 0 fully saturated rings. The van der Waals surface area contributed by atoms with Gasteiger partial charge in [0.05, 0.1) is 24.0 Å². The summed E-state index contributed by atoms with van der Waals surface area (Å²) in [5.74, 6) is -1.84. The molecule has 0 aliphatic rings. The summed E-state index contributed by atoms with van der Waals surface area (Å²) in [6.07, 6.45) is 8.01. The average Bonchev–Trinajstić information content (AvgIpc) is 2.89. The van der Waals surface area contributed by atoms with Gasteiger partial charge in [0.15, 0.2) is 15.6 Å². The molecule has 2 heterocycles. The van der Waals surface area contributed by atoms with Crippen LogP contribution >= 0.6 is 0 Å². The van der Waals surface area contributed by atoms with Crippen molar-refractivity contribution < 1.29 is 18.0 Å². The minimum Gasteiger partial charge on any atom is -0.399 e. The number of hydrogen-bond acceptors (Lipinski definition) is 7. The number of nitrogens with two attached hydrogens (primary N) is 1. The first-order valence-corrected chi connectivity index (χ1v) is 13.9. The summed E-state index contributed by atoms with van der Waals surface area (Å²) in [4.78, 5) is 33.3. The summed E-state index contributed by atoms with van der Waals surface area (Å²) in [6, 6.07) is 14.4. The minimum absolute atomic E-state index is 0.131. The normalized spacial score (nSPS) is 12.0. The first-order valence-electron chi connectivity index (χ1n) is 12.0. The van der Waals surface area contributed by atoms with Crippen LogP contribution in [0.15, 0.2) is 79.9 Å². The van der Waals surface area contributed by atoms with Crippen molar-refractivity contribution in [2.75, 3.05) is 12.3 Å². The van der Waals surface area contributed by atoms with Crippen LogP contribution in [0.1, 0.15) is 35.1 Å². The number of Topliss-reactive ketones (excluding diaryl/α,β-unsaturated/α-hetero) is 1. The molecule has 0 spiro atoms. The Morgan fingerprint density at radius 2 is 1.43 bits per heavy atom. The number of hydrogen-bond donors (Lipinski definition) is 2. The van der Waals surface area contributed by atoms with E-state index in [1.807, 2.05) is 36.4 Å². The Balaban J connectivity index is 1.57. The van der Waals surface area contributed by atoms with Crippen LogP contribution in [0.3, 0.4) is 0 Å². The van der Waals surface area contributed by atoms with Gasteiger partial charge in [-0.05, 0) is 65.8 Å². The maximum Gasteiger partial charge on any atom is 0.224 e. The molecule has 1 atom stereocenters. The molecule has 3 rings (SSSR count). The topological polar surface area (TPSA) is 132 Å². The number of nitrogens with one attached hydrogen (secondary N) is 1. The van der Waals surface area contributed by atoms with E-state index in [0.29, 0.717) is 30.5 Å². The SMILES string of the molecule is C=C(N)c1ccc(CCC(=O)CNC(=O)C(CCc2ccncc2)CS(=O)(=O)Cc2ccncc2)cc1. The van der Waals surface area contributed by atoms with Crippen LogP contribution in [0.25, 0.3) is 5.70 Å². The Morgan fingerprint density at radius 3 is 2.03 bits per heavy atom. The molecule has 37 heavy (non-hydrogen) atoms. The van der Waals surface area contributed by atoms with Gasteiger partial charge in [-0.2, -0.15) is 0 Å². The van der Waals surface area contributed by atoms with Gasteiger partial charge < -0.3 is 11.1 Å². The van der Waals surface area contributed by atoms with E-state index in [2.05, 4.69) is 21.9 Å². The van der Waals surface area contributed by atoms with Crippen LogP contribution in [0.2, 0.25) is 0 Å². The van der Waals surface area contributed by atoms with Crippen LogP contribution in [0.4, 0.5) is 0 Å². The molecule has 194 valence electrons. The summed E-state index contributed by atoms with van der Waals surface area (Å²) in [6.45, 7) is 3.55. The number of aryl methyl sites for hydroxylation is 2. The number of carbonyl (C=O) groups is 2. The van der Waals surface area contributed by atoms with Gasteiger partial charge in [-0.1, -0.05) is 30.8 Å². The fraction of sp³-hybridized carbons (Fsp3) is 0.286. The van der Waals surface area contributed by atoms with Gasteiger partial charge in [0.2, 0.25) is 5.91 Å². The Labute approximate surface area is 218 Å². The second-order valence-corrected chi connectivity index (χ2v) is 11.1. The van der Waals surface area contributed by atoms with Crippen molar-refractivity contribution in [2.24, 2.45) is 11.7 Å². The van der Waals surface area contributed by atoms with E-state index in [1.165, 1.54) is 12.4 Å². The molecule has 1 aromatic carbocycles. The van der Waals surface area contributed by atoms with Gasteiger partial charge in [0, 0.05) is 36.9 Å². The fourth-order valence-corrected chi connectivity index (χ4v) is 5.62. The fourth-order valence-electron chi connectivity index (χ4n) is 3.87. The van der Waals surface area contributed by atoms with Crippen molar-refractivity contribution >= 4 is 27.2 Å². The first kappa shape index (κ1) is 27.7. The number of amides is 1. The standard InChI is InChI=1S/C28H32N4O4S/c1-21(29)25-6-2-22(3-7-25)5-9-27(33)18-32-28(34)26(8-4-23-10-14-30-15-11-23)20-37(35,36)19-24-12-16-31-17-13-24/h2-3,6-7,10-17,26H,1,4-5,8-9,18-20,29H2,(H,32,34). The van der Waals surface area contributed by atoms with E-state index in [4.69, 9.17) is 5.73 Å². The molecule has 3 aromatic rings. The molecule has 2 aromatic heterocycles. The monoisotopic (exact) mass is 520 g/mol. The largest absolute Gasteiger partial charge is 0.399 e. The van der Waals surface area contributed by atoms with E-state index in [9.17, 15) is 18.0 Å². The third-order valence-corrected chi connectivity index (χ3v) is 7.65. The highest BCUT2D eigenvalue weighted by molar-refractivity contribution is 7.90. The van der Waals surface area contributed by atoms with Crippen LogP contribution in [0.5, 0.6) is 0 Å². The quantitative estimate of drug-likeness (QED) is 0.334. The highest BCUT2D eigenvalue weighted by atomic mass is 32.2. The van der Waals surface area contributed by atoms with Gasteiger partial charge in [-0.25, -0.2) is 8.42 Å². The van der Waals surface area contributed by atoms with Crippen LogP contribution in [-0.4, -0.2) is 42.4 Å². The lowest BCUT2D eigenvalue weighted by Crippen LogP contribution is -2.38. The lowest BCUT2D eigenvalue weighted by Gasteiger charge is -2.17. The molecule has 0 saturated carbocycles. The zero-order valence-corrected chi connectivity index (χ0v) is 21.5. The smallest absolute Gasteiger partial charge is 0.224 e. The van der Waals surface area contributed by atoms with Gasteiger partial charge >= 0.3 is 0 Å². The molecule has 0 bridgehead atoms. The highest BCUT2D eigenvalue weighted by Gasteiger charge is 2.26. The maximum absolute atomic E-state index is 13.0. The maximum atomic E-state index is 13.0. The lowest BCUT2D eigenvalue weighted by atomic mass is 10.0. The molecule has 3 N–H and O–H groups in total. The van der Waals surface area contributed by atoms with E-state index < -0.39 is 21.7 Å². The highest BCUT2D eigenvalue weighted by Crippen LogP contribution is 2.16. The molecule has 1 amide bonds. The Morgan fingerprint density at radius 1 is 0.865 bits per heavy atom. The summed E-state index contributed by atoms with van der Waals surface area (Å²) in [7, 11) is -3.58. The van der Waals surface area contributed by atoms with Crippen molar-refractivity contribution in [1.29, 1.82) is 0 Å². The van der Waals surface area contributed by atoms with Crippen LogP contribution in [0, 0.1) is 5.92 Å². The van der Waals surface area contributed by atoms with E-state index in [1.54, 1.807) is 24.5 Å². The molecule has 1 unspecified atom stereocenters. The number of sulfone groups is 1. The Bertz CT molecular complexity index is 1300. The molecule has 0 saturated heterocycles. The van der Waals surface area contributed by atoms with Crippen molar-refractivity contribution in [2.45, 2.75) is 31.4 Å². The van der Waals surface area contributed by atoms with Gasteiger partial charge in [0.25, 0.3) is 0 Å². The van der Waals surface area contributed by atoms with Crippen molar-refractivity contribution in [3.8, 4) is 0 Å². The number of rotatable bonds is 14. The van der Waals surface area contributed by atoms with Crippen molar-refractivity contribution in [1.82, 2.24) is 15.3 Å². The minimum atomic E-state index is -3.58. The predicted molar refractivity (Wildman–Crippen MR) is 144 cm³/mol. The molecule has 0 aliphatic heterocycles. The number of aromatic nitrogens is 2. The van der Waals surface area contributed by atoms with Gasteiger partial charge in [-0.15, -0.1) is 0 Å². The first-order chi connectivity index (χ1) is 17.7. The van der Waals surface area contributed by atoms with E-state index in [-0.39, 0.29) is 30.3 Å². The zero-order valence-electron chi connectivity index (χ0n) is 20.7. The third-order valence-electron chi connectivity index (χ3n) is 5.97. The molecule has 8 nitrogen and oxygen atoms in total. The van der Waals surface area contributed by atoms with Crippen molar-refractivity contribution in [3.05, 3.63) is 102 Å². The van der Waals surface area contributed by atoms with Crippen LogP contribution < -0.4 is 11.1 Å². The zero-order chi connectivity index (χ0) is 26.7. The number of benzene rings is 1. The Hall–Kier alpha value is -3.85. The summed E-state index contributed by atoms with van der Waals surface area (Å²) < 4.78 is 25.8. The molecular formula is C28H32N4O4S. The second kappa shape index (κ2) is 13.5. The van der Waals surface area contributed by atoms with Crippen LogP contribution in [-0.2, 0) is 38.0 Å². The van der Waals surface area contributed by atoms with Gasteiger partial charge in [-0.3, -0.25) is 19.6 Å². The number of nitrogens with zero attached hydrogens (tertiary/aromatic N) is 2. The average molecular weight is 521 g/mol. The summed E-state index contributed by atoms with van der Waals surface area (Å²) >= 11 is 0. The molecule has 9 heteroatoms. The van der Waals surface area contributed by atoms with E-state index >= 15 is 0 Å². The van der Waals surface area contributed by atoms with Gasteiger partial charge in [0.1, 0.15) is 0 Å². The summed E-state index contributed by atoms with van der Waals surface area (Å²) in [5.41, 5.74) is 9.53. The second-order valence-electron chi connectivity index (χ2n) is 8.98. The van der Waals surface area contributed by atoms with E-state index in [0.717, 1.165) is 16.7 Å². The number of ketones is 1. The molecular weight excluding hydrogens is 488 g/mol.